The Bertz CT molecular complexity index is 1550. The fourth-order valence-corrected chi connectivity index (χ4v) is 4.53. The number of phenols is 1. The van der Waals surface area contributed by atoms with E-state index in [0.29, 0.717) is 47.5 Å². The van der Waals surface area contributed by atoms with Gasteiger partial charge in [0, 0.05) is 24.4 Å². The van der Waals surface area contributed by atoms with Gasteiger partial charge in [0.2, 0.25) is 0 Å². The van der Waals surface area contributed by atoms with Crippen molar-refractivity contribution in [2.24, 2.45) is 0 Å². The van der Waals surface area contributed by atoms with Crippen molar-refractivity contribution in [3.05, 3.63) is 89.0 Å². The van der Waals surface area contributed by atoms with E-state index in [9.17, 15) is 14.7 Å². The molecule has 0 atom stereocenters. The van der Waals surface area contributed by atoms with Gasteiger partial charge in [0.25, 0.3) is 5.91 Å². The third-order valence-electron chi connectivity index (χ3n) is 6.63. The van der Waals surface area contributed by atoms with Crippen LogP contribution in [-0.2, 0) is 0 Å². The van der Waals surface area contributed by atoms with Crippen molar-refractivity contribution in [2.45, 2.75) is 33.6 Å². The minimum Gasteiger partial charge on any atom is -0.506 e. The molecule has 0 bridgehead atoms. The second-order valence-electron chi connectivity index (χ2n) is 9.78. The second kappa shape index (κ2) is 12.7. The lowest BCUT2D eigenvalue weighted by atomic mass is 10.0. The van der Waals surface area contributed by atoms with Crippen molar-refractivity contribution in [1.29, 1.82) is 0 Å². The van der Waals surface area contributed by atoms with Crippen LogP contribution in [-0.4, -0.2) is 36.6 Å². The van der Waals surface area contributed by atoms with Gasteiger partial charge < -0.3 is 19.9 Å². The van der Waals surface area contributed by atoms with E-state index in [4.69, 9.17) is 21.1 Å². The van der Waals surface area contributed by atoms with Crippen molar-refractivity contribution >= 4 is 39.3 Å². The smallest absolute Gasteiger partial charge is 0.320 e. The number of fused-ring (bicyclic) bond motifs is 1. The summed E-state index contributed by atoms with van der Waals surface area (Å²) in [6.45, 7) is 6.92. The molecule has 0 unspecified atom stereocenters. The number of nitrogens with zero attached hydrogens (tertiary/aromatic N) is 1. The van der Waals surface area contributed by atoms with Gasteiger partial charge in [0.15, 0.2) is 5.75 Å². The number of halogens is 1. The van der Waals surface area contributed by atoms with Crippen LogP contribution < -0.4 is 19.7 Å². The van der Waals surface area contributed by atoms with E-state index in [1.54, 1.807) is 37.4 Å². The SMILES string of the molecule is Cc1ccc(OCCCCNC(=O)c2cc(Oc3ccc(C)cc3N(C)C(=O)Cl)c3ccccc3c2O)c(C)c1. The van der Waals surface area contributed by atoms with Gasteiger partial charge in [0.05, 0.1) is 17.9 Å². The molecule has 0 aliphatic carbocycles. The molecule has 2 amide bonds. The third kappa shape index (κ3) is 6.66. The molecule has 7 nitrogen and oxygen atoms in total. The average Bonchev–Trinajstić information content (AvgIpc) is 2.93. The van der Waals surface area contributed by atoms with Crippen molar-refractivity contribution in [1.82, 2.24) is 5.32 Å². The van der Waals surface area contributed by atoms with E-state index in [-0.39, 0.29) is 11.3 Å². The highest BCUT2D eigenvalue weighted by molar-refractivity contribution is 6.66. The molecule has 2 N–H and O–H groups in total. The van der Waals surface area contributed by atoms with Crippen LogP contribution in [0.25, 0.3) is 10.8 Å². The summed E-state index contributed by atoms with van der Waals surface area (Å²) < 4.78 is 12.1. The van der Waals surface area contributed by atoms with Crippen molar-refractivity contribution in [2.75, 3.05) is 25.1 Å². The molecule has 0 aromatic heterocycles. The van der Waals surface area contributed by atoms with Gasteiger partial charge in [-0.05, 0) is 80.6 Å². The Kier molecular flexibility index (Phi) is 9.17. The van der Waals surface area contributed by atoms with E-state index >= 15 is 0 Å². The molecule has 0 aliphatic heterocycles. The van der Waals surface area contributed by atoms with Crippen LogP contribution in [0.2, 0.25) is 0 Å². The largest absolute Gasteiger partial charge is 0.506 e. The maximum absolute atomic E-state index is 13.1. The van der Waals surface area contributed by atoms with Gasteiger partial charge in [0.1, 0.15) is 17.2 Å². The zero-order valence-electron chi connectivity index (χ0n) is 23.1. The number of ether oxygens (including phenoxy) is 2. The fraction of sp³-hybridized carbons (Fsp3) is 0.250. The lowest BCUT2D eigenvalue weighted by Crippen LogP contribution is -2.25. The Labute approximate surface area is 239 Å². The Morgan fingerprint density at radius 1 is 0.875 bits per heavy atom. The molecule has 0 saturated heterocycles. The van der Waals surface area contributed by atoms with Crippen LogP contribution in [0.5, 0.6) is 23.0 Å². The summed E-state index contributed by atoms with van der Waals surface area (Å²) in [5.74, 6) is 1.06. The number of nitrogens with one attached hydrogen (secondary N) is 1. The minimum absolute atomic E-state index is 0.0932. The molecular formula is C32H33ClN2O5. The Morgan fingerprint density at radius 2 is 1.55 bits per heavy atom. The van der Waals surface area contributed by atoms with Gasteiger partial charge in [-0.1, -0.05) is 48.0 Å². The third-order valence-corrected chi connectivity index (χ3v) is 6.88. The van der Waals surface area contributed by atoms with Gasteiger partial charge >= 0.3 is 5.37 Å². The summed E-state index contributed by atoms with van der Waals surface area (Å²) in [6.07, 6.45) is 1.47. The molecule has 8 heteroatoms. The Hall–Kier alpha value is -4.23. The van der Waals surface area contributed by atoms with Crippen LogP contribution in [0.1, 0.15) is 39.9 Å². The highest BCUT2D eigenvalue weighted by Crippen LogP contribution is 2.40. The maximum atomic E-state index is 13.1. The summed E-state index contributed by atoms with van der Waals surface area (Å²) in [7, 11) is 1.55. The highest BCUT2D eigenvalue weighted by Gasteiger charge is 2.20. The van der Waals surface area contributed by atoms with Crippen molar-refractivity contribution in [3.63, 3.8) is 0 Å². The van der Waals surface area contributed by atoms with Gasteiger partial charge in [-0.3, -0.25) is 14.5 Å². The number of hydrogen-bond acceptors (Lipinski definition) is 5. The summed E-state index contributed by atoms with van der Waals surface area (Å²) in [5.41, 5.74) is 3.77. The molecule has 0 heterocycles. The molecular weight excluding hydrogens is 528 g/mol. The Morgan fingerprint density at radius 3 is 2.25 bits per heavy atom. The summed E-state index contributed by atoms with van der Waals surface area (Å²) in [6, 6.07) is 20.1. The minimum atomic E-state index is -0.662. The van der Waals surface area contributed by atoms with Crippen LogP contribution >= 0.6 is 11.6 Å². The highest BCUT2D eigenvalue weighted by atomic mass is 35.5. The van der Waals surface area contributed by atoms with Gasteiger partial charge in [-0.25, -0.2) is 0 Å². The summed E-state index contributed by atoms with van der Waals surface area (Å²) in [4.78, 5) is 26.3. The van der Waals surface area contributed by atoms with Crippen LogP contribution in [0.3, 0.4) is 0 Å². The molecule has 40 heavy (non-hydrogen) atoms. The predicted octanol–water partition coefficient (Wildman–Crippen LogP) is 7.65. The molecule has 4 aromatic rings. The van der Waals surface area contributed by atoms with Gasteiger partial charge in [-0.15, -0.1) is 0 Å². The number of hydrogen-bond donors (Lipinski definition) is 2. The molecule has 4 aromatic carbocycles. The zero-order valence-corrected chi connectivity index (χ0v) is 23.8. The number of benzene rings is 4. The van der Waals surface area contributed by atoms with E-state index < -0.39 is 11.3 Å². The van der Waals surface area contributed by atoms with E-state index in [2.05, 4.69) is 11.4 Å². The molecule has 0 aliphatic rings. The number of aromatic hydroxyl groups is 1. The summed E-state index contributed by atoms with van der Waals surface area (Å²) in [5, 5.41) is 14.3. The van der Waals surface area contributed by atoms with E-state index in [1.807, 2.05) is 45.0 Å². The molecule has 0 radical (unpaired) electrons. The number of unbranched alkanes of at least 4 members (excludes halogenated alkanes) is 1. The number of rotatable bonds is 10. The van der Waals surface area contributed by atoms with Gasteiger partial charge in [-0.2, -0.15) is 0 Å². The van der Waals surface area contributed by atoms with Crippen LogP contribution in [0.15, 0.2) is 66.7 Å². The summed E-state index contributed by atoms with van der Waals surface area (Å²) >= 11 is 5.73. The van der Waals surface area contributed by atoms with Crippen LogP contribution in [0, 0.1) is 20.8 Å². The van der Waals surface area contributed by atoms with E-state index in [1.165, 1.54) is 16.5 Å². The topological polar surface area (TPSA) is 88.1 Å². The van der Waals surface area contributed by atoms with E-state index in [0.717, 1.165) is 23.3 Å². The number of aryl methyl sites for hydroxylation is 3. The Balaban J connectivity index is 1.48. The number of amides is 2. The lowest BCUT2D eigenvalue weighted by Gasteiger charge is -2.20. The second-order valence-corrected chi connectivity index (χ2v) is 10.1. The molecule has 208 valence electrons. The standard InChI is InChI=1S/C32H33ClN2O5/c1-20-11-13-27(22(3)17-20)39-16-8-7-15-34-31(37)25-19-29(23-9-5-6-10-24(23)30(25)36)40-28-14-12-21(2)18-26(28)35(4)32(33)38/h5-6,9-14,17-19,36H,7-8,15-16H2,1-4H3,(H,34,37). The zero-order chi connectivity index (χ0) is 28.8. The maximum Gasteiger partial charge on any atom is 0.320 e. The van der Waals surface area contributed by atoms with Crippen LogP contribution in [0.4, 0.5) is 10.5 Å². The first-order chi connectivity index (χ1) is 19.2. The number of phenolic OH excluding ortho intramolecular Hbond substituents is 1. The monoisotopic (exact) mass is 560 g/mol. The molecule has 0 fully saturated rings. The number of anilines is 1. The first-order valence-electron chi connectivity index (χ1n) is 13.1. The number of carbonyl (C=O) groups excluding carboxylic acids is 2. The first-order valence-corrected chi connectivity index (χ1v) is 13.5. The number of carbonyl (C=O) groups is 2. The quantitative estimate of drug-likeness (QED) is 0.118. The predicted molar refractivity (Wildman–Crippen MR) is 159 cm³/mol. The normalized spacial score (nSPS) is 10.8. The first kappa shape index (κ1) is 28.8. The lowest BCUT2D eigenvalue weighted by molar-refractivity contribution is 0.0949. The van der Waals surface area contributed by atoms with Crippen molar-refractivity contribution < 1.29 is 24.2 Å². The molecule has 4 rings (SSSR count). The molecule has 0 saturated carbocycles. The van der Waals surface area contributed by atoms with Crippen molar-refractivity contribution in [3.8, 4) is 23.0 Å². The fourth-order valence-electron chi connectivity index (χ4n) is 4.44. The average molecular weight is 561 g/mol. The molecule has 0 spiro atoms.